The van der Waals surface area contributed by atoms with Crippen LogP contribution >= 0.6 is 31.9 Å². The van der Waals surface area contributed by atoms with Crippen molar-refractivity contribution in [2.75, 3.05) is 12.4 Å². The highest BCUT2D eigenvalue weighted by molar-refractivity contribution is 9.10. The third-order valence-electron chi connectivity index (χ3n) is 2.87. The first kappa shape index (κ1) is 14.4. The first-order valence-corrected chi connectivity index (χ1v) is 7.51. The molecule has 0 radical (unpaired) electrons. The Bertz CT molecular complexity index is 584. The summed E-state index contributed by atoms with van der Waals surface area (Å²) in [4.78, 5) is 0. The quantitative estimate of drug-likeness (QED) is 0.787. The molecular formula is C15H15Br2NO. The van der Waals surface area contributed by atoms with Gasteiger partial charge in [-0.25, -0.2) is 0 Å². The second-order valence-electron chi connectivity index (χ2n) is 4.28. The van der Waals surface area contributed by atoms with E-state index in [1.54, 1.807) is 7.11 Å². The standard InChI is InChI=1S/C15H15Br2NO/c1-10-7-11(3-5-13(10)17)9-18-14-8-12(16)4-6-15(14)19-2/h3-8,18H,9H2,1-2H3. The van der Waals surface area contributed by atoms with Crippen LogP contribution in [0, 0.1) is 6.92 Å². The summed E-state index contributed by atoms with van der Waals surface area (Å²) < 4.78 is 7.51. The Morgan fingerprint density at radius 2 is 1.89 bits per heavy atom. The van der Waals surface area contributed by atoms with Crippen molar-refractivity contribution in [3.05, 3.63) is 56.5 Å². The van der Waals surface area contributed by atoms with Gasteiger partial charge in [-0.3, -0.25) is 0 Å². The molecular weight excluding hydrogens is 370 g/mol. The molecule has 2 nitrogen and oxygen atoms in total. The molecule has 2 rings (SSSR count). The minimum absolute atomic E-state index is 0.765. The lowest BCUT2D eigenvalue weighted by Crippen LogP contribution is -2.01. The van der Waals surface area contributed by atoms with E-state index in [-0.39, 0.29) is 0 Å². The van der Waals surface area contributed by atoms with Crippen molar-refractivity contribution in [3.8, 4) is 5.75 Å². The highest BCUT2D eigenvalue weighted by atomic mass is 79.9. The van der Waals surface area contributed by atoms with Gasteiger partial charge in [0.05, 0.1) is 12.8 Å². The van der Waals surface area contributed by atoms with Crippen LogP contribution in [0.15, 0.2) is 45.3 Å². The fourth-order valence-electron chi connectivity index (χ4n) is 1.83. The third-order valence-corrected chi connectivity index (χ3v) is 4.25. The minimum atomic E-state index is 0.765. The van der Waals surface area contributed by atoms with Crippen LogP contribution in [-0.4, -0.2) is 7.11 Å². The average molecular weight is 385 g/mol. The van der Waals surface area contributed by atoms with Crippen molar-refractivity contribution in [1.29, 1.82) is 0 Å². The summed E-state index contributed by atoms with van der Waals surface area (Å²) in [5.41, 5.74) is 3.46. The van der Waals surface area contributed by atoms with E-state index in [2.05, 4.69) is 62.3 Å². The molecule has 100 valence electrons. The van der Waals surface area contributed by atoms with Crippen LogP contribution in [0.1, 0.15) is 11.1 Å². The monoisotopic (exact) mass is 383 g/mol. The number of ether oxygens (including phenoxy) is 1. The largest absolute Gasteiger partial charge is 0.495 e. The lowest BCUT2D eigenvalue weighted by molar-refractivity contribution is 0.416. The number of hydrogen-bond acceptors (Lipinski definition) is 2. The number of rotatable bonds is 4. The van der Waals surface area contributed by atoms with Gasteiger partial charge in [0.25, 0.3) is 0 Å². The molecule has 0 atom stereocenters. The van der Waals surface area contributed by atoms with E-state index < -0.39 is 0 Å². The predicted molar refractivity (Wildman–Crippen MR) is 86.9 cm³/mol. The first-order valence-electron chi connectivity index (χ1n) is 5.92. The van der Waals surface area contributed by atoms with E-state index in [1.807, 2.05) is 18.2 Å². The molecule has 0 fully saturated rings. The first-order chi connectivity index (χ1) is 9.10. The molecule has 0 amide bonds. The van der Waals surface area contributed by atoms with Crippen molar-refractivity contribution >= 4 is 37.5 Å². The molecule has 4 heteroatoms. The van der Waals surface area contributed by atoms with Crippen LogP contribution in [0.5, 0.6) is 5.75 Å². The summed E-state index contributed by atoms with van der Waals surface area (Å²) in [5.74, 6) is 0.844. The number of anilines is 1. The van der Waals surface area contributed by atoms with Gasteiger partial charge >= 0.3 is 0 Å². The smallest absolute Gasteiger partial charge is 0.142 e. The second-order valence-corrected chi connectivity index (χ2v) is 6.05. The second kappa shape index (κ2) is 6.44. The van der Waals surface area contributed by atoms with Crippen LogP contribution < -0.4 is 10.1 Å². The Morgan fingerprint density at radius 1 is 1.11 bits per heavy atom. The van der Waals surface area contributed by atoms with Crippen molar-refractivity contribution < 1.29 is 4.74 Å². The van der Waals surface area contributed by atoms with Gasteiger partial charge in [0.2, 0.25) is 0 Å². The summed E-state index contributed by atoms with van der Waals surface area (Å²) in [5, 5.41) is 3.40. The predicted octanol–water partition coefficient (Wildman–Crippen LogP) is 5.14. The summed E-state index contributed by atoms with van der Waals surface area (Å²) in [6.07, 6.45) is 0. The van der Waals surface area contributed by atoms with Crippen molar-refractivity contribution in [3.63, 3.8) is 0 Å². The zero-order valence-electron chi connectivity index (χ0n) is 10.8. The molecule has 1 N–H and O–H groups in total. The van der Waals surface area contributed by atoms with Gasteiger partial charge in [-0.15, -0.1) is 0 Å². The molecule has 0 aliphatic heterocycles. The van der Waals surface area contributed by atoms with Gasteiger partial charge in [-0.2, -0.15) is 0 Å². The molecule has 0 aliphatic carbocycles. The Morgan fingerprint density at radius 3 is 2.58 bits per heavy atom. The fraction of sp³-hybridized carbons (Fsp3) is 0.200. The highest BCUT2D eigenvalue weighted by Gasteiger charge is 2.04. The van der Waals surface area contributed by atoms with Crippen molar-refractivity contribution in [2.24, 2.45) is 0 Å². The number of hydrogen-bond donors (Lipinski definition) is 1. The Kier molecular flexibility index (Phi) is 4.88. The maximum Gasteiger partial charge on any atom is 0.142 e. The molecule has 0 unspecified atom stereocenters. The normalized spacial score (nSPS) is 10.3. The zero-order chi connectivity index (χ0) is 13.8. The van der Waals surface area contributed by atoms with E-state index in [4.69, 9.17) is 4.74 Å². The molecule has 19 heavy (non-hydrogen) atoms. The molecule has 0 bridgehead atoms. The van der Waals surface area contributed by atoms with Crippen LogP contribution in [-0.2, 0) is 6.54 Å². The topological polar surface area (TPSA) is 21.3 Å². The van der Waals surface area contributed by atoms with Crippen molar-refractivity contribution in [2.45, 2.75) is 13.5 Å². The molecule has 0 saturated carbocycles. The third kappa shape index (κ3) is 3.74. The highest BCUT2D eigenvalue weighted by Crippen LogP contribution is 2.28. The van der Waals surface area contributed by atoms with E-state index >= 15 is 0 Å². The van der Waals surface area contributed by atoms with Gasteiger partial charge < -0.3 is 10.1 Å². The molecule has 0 spiro atoms. The average Bonchev–Trinajstić information content (AvgIpc) is 2.40. The SMILES string of the molecule is COc1ccc(Br)cc1NCc1ccc(Br)c(C)c1. The number of aryl methyl sites for hydroxylation is 1. The van der Waals surface area contributed by atoms with E-state index in [0.29, 0.717) is 0 Å². The van der Waals surface area contributed by atoms with E-state index in [9.17, 15) is 0 Å². The van der Waals surface area contributed by atoms with Gasteiger partial charge in [0.15, 0.2) is 0 Å². The lowest BCUT2D eigenvalue weighted by Gasteiger charge is -2.12. The maximum absolute atomic E-state index is 5.34. The molecule has 2 aromatic carbocycles. The minimum Gasteiger partial charge on any atom is -0.495 e. The van der Waals surface area contributed by atoms with E-state index in [1.165, 1.54) is 11.1 Å². The van der Waals surface area contributed by atoms with Crippen LogP contribution in [0.3, 0.4) is 0 Å². The summed E-state index contributed by atoms with van der Waals surface area (Å²) >= 11 is 6.98. The number of benzene rings is 2. The summed E-state index contributed by atoms with van der Waals surface area (Å²) in [7, 11) is 1.68. The zero-order valence-corrected chi connectivity index (χ0v) is 14.0. The fourth-order valence-corrected chi connectivity index (χ4v) is 2.44. The molecule has 0 aromatic heterocycles. The summed E-state index contributed by atoms with van der Waals surface area (Å²) in [6, 6.07) is 12.3. The number of halogens is 2. The van der Waals surface area contributed by atoms with Crippen LogP contribution in [0.25, 0.3) is 0 Å². The molecule has 0 heterocycles. The molecule has 2 aromatic rings. The summed E-state index contributed by atoms with van der Waals surface area (Å²) in [6.45, 7) is 2.86. The number of nitrogens with one attached hydrogen (secondary N) is 1. The maximum atomic E-state index is 5.34. The van der Waals surface area contributed by atoms with Gasteiger partial charge in [0, 0.05) is 15.5 Å². The molecule has 0 aliphatic rings. The van der Waals surface area contributed by atoms with Gasteiger partial charge in [-0.1, -0.05) is 44.0 Å². The number of methoxy groups -OCH3 is 1. The van der Waals surface area contributed by atoms with Gasteiger partial charge in [-0.05, 0) is 42.3 Å². The van der Waals surface area contributed by atoms with Crippen LogP contribution in [0.4, 0.5) is 5.69 Å². The van der Waals surface area contributed by atoms with Crippen LogP contribution in [0.2, 0.25) is 0 Å². The Hall–Kier alpha value is -1.00. The lowest BCUT2D eigenvalue weighted by atomic mass is 10.1. The molecule has 0 saturated heterocycles. The van der Waals surface area contributed by atoms with Crippen molar-refractivity contribution in [1.82, 2.24) is 0 Å². The van der Waals surface area contributed by atoms with Gasteiger partial charge in [0.1, 0.15) is 5.75 Å². The Labute approximate surface area is 130 Å². The van der Waals surface area contributed by atoms with E-state index in [0.717, 1.165) is 26.9 Å². The Balaban J connectivity index is 2.13.